The highest BCUT2D eigenvalue weighted by atomic mass is 32.2. The predicted molar refractivity (Wildman–Crippen MR) is 122 cm³/mol. The number of benzene rings is 2. The number of nitrogens with one attached hydrogen (secondary N) is 1. The van der Waals surface area contributed by atoms with E-state index in [1.807, 2.05) is 12.1 Å². The zero-order valence-electron chi connectivity index (χ0n) is 18.4. The monoisotopic (exact) mass is 445 g/mol. The Hall–Kier alpha value is -2.58. The minimum atomic E-state index is -3.55. The van der Waals surface area contributed by atoms with Gasteiger partial charge in [-0.2, -0.15) is 0 Å². The van der Waals surface area contributed by atoms with Crippen molar-refractivity contribution in [1.29, 1.82) is 0 Å². The summed E-state index contributed by atoms with van der Waals surface area (Å²) in [5.74, 6) is 0.481. The first-order valence-electron chi connectivity index (χ1n) is 10.5. The number of carbonyl (C=O) groups is 1. The minimum absolute atomic E-state index is 0.0912. The van der Waals surface area contributed by atoms with E-state index in [0.717, 1.165) is 18.7 Å². The summed E-state index contributed by atoms with van der Waals surface area (Å²) in [6, 6.07) is 13.0. The Labute approximate surface area is 185 Å². The highest BCUT2D eigenvalue weighted by Gasteiger charge is 2.19. The molecule has 1 N–H and O–H groups in total. The average Bonchev–Trinajstić information content (AvgIpc) is 3.31. The van der Waals surface area contributed by atoms with E-state index in [9.17, 15) is 13.2 Å². The number of amides is 1. The van der Waals surface area contributed by atoms with Crippen molar-refractivity contribution in [1.82, 2.24) is 9.62 Å². The van der Waals surface area contributed by atoms with Gasteiger partial charge >= 0.3 is 0 Å². The van der Waals surface area contributed by atoms with Crippen LogP contribution in [0.4, 0.5) is 5.69 Å². The van der Waals surface area contributed by atoms with Crippen LogP contribution in [0.15, 0.2) is 47.4 Å². The summed E-state index contributed by atoms with van der Waals surface area (Å²) < 4.78 is 31.3. The van der Waals surface area contributed by atoms with Gasteiger partial charge in [-0.1, -0.05) is 12.1 Å². The molecule has 1 fully saturated rings. The molecule has 8 heteroatoms. The van der Waals surface area contributed by atoms with Gasteiger partial charge in [0.05, 0.1) is 12.0 Å². The second kappa shape index (κ2) is 10.2. The van der Waals surface area contributed by atoms with E-state index in [2.05, 4.69) is 22.3 Å². The zero-order valence-corrected chi connectivity index (χ0v) is 19.2. The average molecular weight is 446 g/mol. The third-order valence-corrected chi connectivity index (χ3v) is 7.36. The molecule has 1 aliphatic rings. The highest BCUT2D eigenvalue weighted by Crippen LogP contribution is 2.25. The van der Waals surface area contributed by atoms with Gasteiger partial charge in [0.2, 0.25) is 15.9 Å². The van der Waals surface area contributed by atoms with E-state index in [1.165, 1.54) is 50.1 Å². The van der Waals surface area contributed by atoms with Gasteiger partial charge in [-0.05, 0) is 60.7 Å². The summed E-state index contributed by atoms with van der Waals surface area (Å²) in [6.07, 6.45) is 3.12. The summed E-state index contributed by atoms with van der Waals surface area (Å²) in [6.45, 7) is 2.68. The molecule has 31 heavy (non-hydrogen) atoms. The number of sulfonamides is 1. The highest BCUT2D eigenvalue weighted by molar-refractivity contribution is 7.89. The number of nitrogens with zero attached hydrogens (tertiary/aromatic N) is 2. The second-order valence-electron chi connectivity index (χ2n) is 7.90. The van der Waals surface area contributed by atoms with Crippen LogP contribution in [-0.4, -0.2) is 52.9 Å². The fourth-order valence-corrected chi connectivity index (χ4v) is 4.61. The quantitative estimate of drug-likeness (QED) is 0.642. The second-order valence-corrected chi connectivity index (χ2v) is 10.1. The molecule has 0 radical (unpaired) electrons. The van der Waals surface area contributed by atoms with Crippen molar-refractivity contribution in [2.24, 2.45) is 0 Å². The van der Waals surface area contributed by atoms with Gasteiger partial charge in [0.1, 0.15) is 5.75 Å². The fourth-order valence-electron chi connectivity index (χ4n) is 3.66. The Morgan fingerprint density at radius 1 is 1.10 bits per heavy atom. The topological polar surface area (TPSA) is 79.0 Å². The molecular weight excluding hydrogens is 414 g/mol. The number of carbonyl (C=O) groups excluding carboxylic acids is 1. The summed E-state index contributed by atoms with van der Waals surface area (Å²) >= 11 is 0. The molecule has 0 bridgehead atoms. The first-order chi connectivity index (χ1) is 14.8. The lowest BCUT2D eigenvalue weighted by molar-refractivity contribution is -0.121. The van der Waals surface area contributed by atoms with Crippen LogP contribution in [0, 0.1) is 0 Å². The lowest BCUT2D eigenvalue weighted by Gasteiger charge is -2.17. The number of rotatable bonds is 9. The van der Waals surface area contributed by atoms with E-state index in [4.69, 9.17) is 4.74 Å². The Morgan fingerprint density at radius 2 is 1.77 bits per heavy atom. The van der Waals surface area contributed by atoms with E-state index in [0.29, 0.717) is 24.3 Å². The molecule has 0 spiro atoms. The van der Waals surface area contributed by atoms with Gasteiger partial charge in [0.15, 0.2) is 0 Å². The SMILES string of the molecule is COc1ccc(S(=O)(=O)N(C)C)cc1CCC(=O)NCc1ccc(N2CCCC2)cc1. The largest absolute Gasteiger partial charge is 0.496 e. The number of hydrogen-bond donors (Lipinski definition) is 1. The van der Waals surface area contributed by atoms with Gasteiger partial charge in [-0.25, -0.2) is 12.7 Å². The molecule has 0 atom stereocenters. The van der Waals surface area contributed by atoms with Crippen LogP contribution in [0.2, 0.25) is 0 Å². The normalized spacial score (nSPS) is 14.1. The van der Waals surface area contributed by atoms with Crippen LogP contribution < -0.4 is 15.0 Å². The van der Waals surface area contributed by atoms with Gasteiger partial charge in [-0.3, -0.25) is 4.79 Å². The summed E-state index contributed by atoms with van der Waals surface area (Å²) in [4.78, 5) is 14.9. The maximum absolute atomic E-state index is 12.4. The van der Waals surface area contributed by atoms with Crippen LogP contribution in [0.3, 0.4) is 0 Å². The van der Waals surface area contributed by atoms with Crippen molar-refractivity contribution in [2.45, 2.75) is 37.1 Å². The first-order valence-corrected chi connectivity index (χ1v) is 12.0. The van der Waals surface area contributed by atoms with Crippen LogP contribution >= 0.6 is 0 Å². The van der Waals surface area contributed by atoms with Gasteiger partial charge in [0, 0.05) is 45.8 Å². The van der Waals surface area contributed by atoms with Crippen molar-refractivity contribution in [3.05, 3.63) is 53.6 Å². The van der Waals surface area contributed by atoms with E-state index in [-0.39, 0.29) is 17.2 Å². The number of aryl methyl sites for hydroxylation is 1. The lowest BCUT2D eigenvalue weighted by atomic mass is 10.1. The Bertz CT molecular complexity index is 998. The van der Waals surface area contributed by atoms with Crippen molar-refractivity contribution >= 4 is 21.6 Å². The summed E-state index contributed by atoms with van der Waals surface area (Å²) in [7, 11) is 0.968. The molecule has 1 saturated heterocycles. The van der Waals surface area contributed by atoms with Gasteiger partial charge in [0.25, 0.3) is 0 Å². The minimum Gasteiger partial charge on any atom is -0.496 e. The van der Waals surface area contributed by atoms with Crippen molar-refractivity contribution in [3.8, 4) is 5.75 Å². The molecule has 1 amide bonds. The molecule has 1 aliphatic heterocycles. The van der Waals surface area contributed by atoms with Crippen LogP contribution in [-0.2, 0) is 27.8 Å². The van der Waals surface area contributed by atoms with Crippen molar-refractivity contribution in [2.75, 3.05) is 39.2 Å². The smallest absolute Gasteiger partial charge is 0.242 e. The zero-order chi connectivity index (χ0) is 22.4. The predicted octanol–water partition coefficient (Wildman–Crippen LogP) is 2.79. The van der Waals surface area contributed by atoms with Crippen molar-refractivity contribution in [3.63, 3.8) is 0 Å². The molecule has 0 saturated carbocycles. The maximum Gasteiger partial charge on any atom is 0.242 e. The number of methoxy groups -OCH3 is 1. The molecule has 2 aromatic rings. The third-order valence-electron chi connectivity index (χ3n) is 5.55. The molecule has 1 heterocycles. The molecule has 2 aromatic carbocycles. The molecule has 0 unspecified atom stereocenters. The maximum atomic E-state index is 12.4. The molecule has 7 nitrogen and oxygen atoms in total. The van der Waals surface area contributed by atoms with E-state index in [1.54, 1.807) is 12.1 Å². The Morgan fingerprint density at radius 3 is 2.39 bits per heavy atom. The summed E-state index contributed by atoms with van der Waals surface area (Å²) in [5.41, 5.74) is 2.97. The van der Waals surface area contributed by atoms with Gasteiger partial charge < -0.3 is 15.0 Å². The first kappa shape index (κ1) is 23.1. The van der Waals surface area contributed by atoms with Crippen LogP contribution in [0.25, 0.3) is 0 Å². The van der Waals surface area contributed by atoms with Gasteiger partial charge in [-0.15, -0.1) is 0 Å². The molecular formula is C23H31N3O4S. The molecule has 0 aromatic heterocycles. The van der Waals surface area contributed by atoms with Crippen molar-refractivity contribution < 1.29 is 17.9 Å². The van der Waals surface area contributed by atoms with Crippen LogP contribution in [0.5, 0.6) is 5.75 Å². The Kier molecular flexibility index (Phi) is 7.56. The summed E-state index contributed by atoms with van der Waals surface area (Å²) in [5, 5.41) is 2.94. The molecule has 168 valence electrons. The number of anilines is 1. The molecule has 3 rings (SSSR count). The number of hydrogen-bond acceptors (Lipinski definition) is 5. The molecule has 0 aliphatic carbocycles. The van der Waals surface area contributed by atoms with E-state index < -0.39 is 10.0 Å². The van der Waals surface area contributed by atoms with Crippen LogP contribution in [0.1, 0.15) is 30.4 Å². The third kappa shape index (κ3) is 5.77. The number of ether oxygens (including phenoxy) is 1. The standard InChI is InChI=1S/C23H31N3O4S/c1-25(2)31(28,29)21-11-12-22(30-3)19(16-21)8-13-23(27)24-17-18-6-9-20(10-7-18)26-14-4-5-15-26/h6-7,9-12,16H,4-5,8,13-15,17H2,1-3H3,(H,24,27). The lowest BCUT2D eigenvalue weighted by Crippen LogP contribution is -2.24. The van der Waals surface area contributed by atoms with E-state index >= 15 is 0 Å². The Balaban J connectivity index is 1.56. The fraction of sp³-hybridized carbons (Fsp3) is 0.435.